The maximum atomic E-state index is 12.6. The van der Waals surface area contributed by atoms with Gasteiger partial charge in [-0.05, 0) is 55.0 Å². The van der Waals surface area contributed by atoms with Gasteiger partial charge in [-0.25, -0.2) is 0 Å². The van der Waals surface area contributed by atoms with Gasteiger partial charge in [-0.15, -0.1) is 0 Å². The Hall–Kier alpha value is -1.89. The maximum absolute atomic E-state index is 12.6. The van der Waals surface area contributed by atoms with Crippen LogP contribution in [0, 0.1) is 20.8 Å². The fraction of sp³-hybridized carbons (Fsp3) is 0.235. The van der Waals surface area contributed by atoms with E-state index in [-0.39, 0.29) is 5.78 Å². The highest BCUT2D eigenvalue weighted by Crippen LogP contribution is 2.32. The van der Waals surface area contributed by atoms with E-state index in [0.717, 1.165) is 28.7 Å². The number of ketones is 1. The van der Waals surface area contributed by atoms with Gasteiger partial charge < -0.3 is 0 Å². The zero-order valence-corrected chi connectivity index (χ0v) is 11.0. The molecule has 2 aromatic carbocycles. The van der Waals surface area contributed by atoms with Crippen LogP contribution in [0.3, 0.4) is 0 Å². The van der Waals surface area contributed by atoms with Crippen LogP contribution in [0.4, 0.5) is 0 Å². The minimum absolute atomic E-state index is 0.191. The Kier molecular flexibility index (Phi) is 2.37. The van der Waals surface area contributed by atoms with Crippen molar-refractivity contribution in [2.75, 3.05) is 0 Å². The minimum Gasteiger partial charge on any atom is -0.289 e. The average molecular weight is 236 g/mol. The second-order valence-electron chi connectivity index (χ2n) is 5.15. The van der Waals surface area contributed by atoms with Crippen molar-refractivity contribution in [2.24, 2.45) is 0 Å². The summed E-state index contributed by atoms with van der Waals surface area (Å²) in [7, 11) is 0. The van der Waals surface area contributed by atoms with Gasteiger partial charge in [0.25, 0.3) is 0 Å². The van der Waals surface area contributed by atoms with Crippen molar-refractivity contribution in [1.82, 2.24) is 0 Å². The molecule has 1 aliphatic rings. The van der Waals surface area contributed by atoms with Crippen LogP contribution in [-0.2, 0) is 6.42 Å². The van der Waals surface area contributed by atoms with Crippen molar-refractivity contribution >= 4 is 5.78 Å². The molecule has 1 nitrogen and oxygen atoms in total. The molecule has 3 rings (SSSR count). The van der Waals surface area contributed by atoms with Crippen molar-refractivity contribution in [1.29, 1.82) is 0 Å². The standard InChI is InChI=1S/C17H16O/c1-10-8-11(2)15-9-13-6-4-5-7-14(13)17(18)16(15)12(10)3/h4-8H,9H2,1-3H3. The molecule has 0 saturated heterocycles. The van der Waals surface area contributed by atoms with E-state index in [4.69, 9.17) is 0 Å². The van der Waals surface area contributed by atoms with Crippen molar-refractivity contribution < 1.29 is 4.79 Å². The number of carbonyl (C=O) groups excluding carboxylic acids is 1. The molecule has 0 saturated carbocycles. The van der Waals surface area contributed by atoms with Crippen LogP contribution in [0.15, 0.2) is 30.3 Å². The number of benzene rings is 2. The number of fused-ring (bicyclic) bond motifs is 2. The highest BCUT2D eigenvalue weighted by atomic mass is 16.1. The Labute approximate surface area is 107 Å². The van der Waals surface area contributed by atoms with E-state index in [2.05, 4.69) is 32.9 Å². The molecule has 0 heterocycles. The molecule has 0 aromatic heterocycles. The van der Waals surface area contributed by atoms with Crippen LogP contribution < -0.4 is 0 Å². The molecule has 0 aliphatic heterocycles. The van der Waals surface area contributed by atoms with Crippen molar-refractivity contribution in [3.05, 3.63) is 69.3 Å². The van der Waals surface area contributed by atoms with E-state index in [0.29, 0.717) is 0 Å². The van der Waals surface area contributed by atoms with Gasteiger partial charge in [0, 0.05) is 11.1 Å². The molecule has 1 heteroatoms. The number of rotatable bonds is 0. The fourth-order valence-electron chi connectivity index (χ4n) is 2.90. The fourth-order valence-corrected chi connectivity index (χ4v) is 2.90. The Bertz CT molecular complexity index is 666. The second-order valence-corrected chi connectivity index (χ2v) is 5.15. The van der Waals surface area contributed by atoms with Crippen molar-refractivity contribution in [3.8, 4) is 0 Å². The monoisotopic (exact) mass is 236 g/mol. The quantitative estimate of drug-likeness (QED) is 0.581. The molecule has 0 fully saturated rings. The molecule has 0 atom stereocenters. The third-order valence-corrected chi connectivity index (χ3v) is 4.03. The van der Waals surface area contributed by atoms with E-state index in [1.165, 1.54) is 16.7 Å². The molecule has 0 unspecified atom stereocenters. The van der Waals surface area contributed by atoms with Gasteiger partial charge in [0.05, 0.1) is 0 Å². The van der Waals surface area contributed by atoms with E-state index < -0.39 is 0 Å². The first-order valence-corrected chi connectivity index (χ1v) is 6.32. The zero-order valence-electron chi connectivity index (χ0n) is 11.0. The molecular formula is C17H16O. The predicted octanol–water partition coefficient (Wildman–Crippen LogP) is 3.75. The maximum Gasteiger partial charge on any atom is 0.193 e. The van der Waals surface area contributed by atoms with Crippen LogP contribution in [0.1, 0.15) is 43.7 Å². The van der Waals surface area contributed by atoms with Gasteiger partial charge in [-0.3, -0.25) is 4.79 Å². The van der Waals surface area contributed by atoms with Gasteiger partial charge in [0.15, 0.2) is 5.78 Å². The summed E-state index contributed by atoms with van der Waals surface area (Å²) in [5, 5.41) is 0. The van der Waals surface area contributed by atoms with E-state index >= 15 is 0 Å². The second kappa shape index (κ2) is 3.81. The molecule has 0 amide bonds. The first-order valence-electron chi connectivity index (χ1n) is 6.32. The van der Waals surface area contributed by atoms with Crippen molar-refractivity contribution in [2.45, 2.75) is 27.2 Å². The van der Waals surface area contributed by atoms with Crippen LogP contribution in [0.2, 0.25) is 0 Å². The Balaban J connectivity index is 2.32. The highest BCUT2D eigenvalue weighted by Gasteiger charge is 2.26. The molecule has 0 spiro atoms. The SMILES string of the molecule is Cc1cc(C)c2c(c1C)C(=O)c1ccccc1C2. The topological polar surface area (TPSA) is 17.1 Å². The summed E-state index contributed by atoms with van der Waals surface area (Å²) in [6, 6.07) is 10.1. The van der Waals surface area contributed by atoms with Gasteiger partial charge in [-0.1, -0.05) is 30.3 Å². The largest absolute Gasteiger partial charge is 0.289 e. The lowest BCUT2D eigenvalue weighted by molar-refractivity contribution is 0.103. The van der Waals surface area contributed by atoms with Crippen LogP contribution >= 0.6 is 0 Å². The first-order chi connectivity index (χ1) is 8.59. The van der Waals surface area contributed by atoms with Crippen LogP contribution in [-0.4, -0.2) is 5.78 Å². The summed E-state index contributed by atoms with van der Waals surface area (Å²) in [5.74, 6) is 0.191. The van der Waals surface area contributed by atoms with Crippen LogP contribution in [0.5, 0.6) is 0 Å². The number of hydrogen-bond acceptors (Lipinski definition) is 1. The third-order valence-electron chi connectivity index (χ3n) is 4.03. The lowest BCUT2D eigenvalue weighted by Gasteiger charge is -2.23. The summed E-state index contributed by atoms with van der Waals surface area (Å²) in [5.41, 5.74) is 7.75. The average Bonchev–Trinajstić information content (AvgIpc) is 2.36. The molecule has 90 valence electrons. The van der Waals surface area contributed by atoms with E-state index in [1.54, 1.807) is 0 Å². The van der Waals surface area contributed by atoms with Gasteiger partial charge in [0.2, 0.25) is 0 Å². The molecule has 0 bridgehead atoms. The minimum atomic E-state index is 0.191. The summed E-state index contributed by atoms with van der Waals surface area (Å²) in [6.45, 7) is 6.24. The molecule has 0 N–H and O–H groups in total. The number of carbonyl (C=O) groups is 1. The smallest absolute Gasteiger partial charge is 0.193 e. The van der Waals surface area contributed by atoms with Gasteiger partial charge in [-0.2, -0.15) is 0 Å². The molecule has 18 heavy (non-hydrogen) atoms. The lowest BCUT2D eigenvalue weighted by atomic mass is 9.80. The van der Waals surface area contributed by atoms with Gasteiger partial charge >= 0.3 is 0 Å². The summed E-state index contributed by atoms with van der Waals surface area (Å²) >= 11 is 0. The van der Waals surface area contributed by atoms with Crippen LogP contribution in [0.25, 0.3) is 0 Å². The van der Waals surface area contributed by atoms with E-state index in [1.807, 2.05) is 18.2 Å². The number of hydrogen-bond donors (Lipinski definition) is 0. The summed E-state index contributed by atoms with van der Waals surface area (Å²) in [4.78, 5) is 12.6. The first kappa shape index (κ1) is 11.2. The van der Waals surface area contributed by atoms with E-state index in [9.17, 15) is 4.79 Å². The lowest BCUT2D eigenvalue weighted by Crippen LogP contribution is -2.18. The molecule has 2 aromatic rings. The molecular weight excluding hydrogens is 220 g/mol. The Morgan fingerprint density at radius 3 is 2.50 bits per heavy atom. The number of aryl methyl sites for hydroxylation is 2. The third kappa shape index (κ3) is 1.43. The van der Waals surface area contributed by atoms with Gasteiger partial charge in [0.1, 0.15) is 0 Å². The molecule has 1 aliphatic carbocycles. The zero-order chi connectivity index (χ0) is 12.9. The summed E-state index contributed by atoms with van der Waals surface area (Å²) in [6.07, 6.45) is 0.879. The highest BCUT2D eigenvalue weighted by molar-refractivity contribution is 6.13. The Morgan fingerprint density at radius 1 is 1.00 bits per heavy atom. The molecule has 0 radical (unpaired) electrons. The Morgan fingerprint density at radius 2 is 1.72 bits per heavy atom. The normalized spacial score (nSPS) is 13.2. The van der Waals surface area contributed by atoms with Crippen molar-refractivity contribution in [3.63, 3.8) is 0 Å². The summed E-state index contributed by atoms with van der Waals surface area (Å²) < 4.78 is 0. The predicted molar refractivity (Wildman–Crippen MR) is 73.3 cm³/mol.